The van der Waals surface area contributed by atoms with Gasteiger partial charge in [0.15, 0.2) is 0 Å². The molecule has 2 aromatic rings. The zero-order valence-electron chi connectivity index (χ0n) is 12.3. The summed E-state index contributed by atoms with van der Waals surface area (Å²) in [5.41, 5.74) is 0.178. The third-order valence-corrected chi connectivity index (χ3v) is 2.65. The van der Waals surface area contributed by atoms with Gasteiger partial charge in [0, 0.05) is 0 Å². The molecule has 0 saturated heterocycles. The summed E-state index contributed by atoms with van der Waals surface area (Å²) >= 11 is 0. The topological polar surface area (TPSA) is 73.3 Å². The van der Waals surface area contributed by atoms with E-state index in [1.807, 2.05) is 0 Å². The molecule has 0 atom stereocenters. The second-order valence-electron chi connectivity index (χ2n) is 4.17. The fourth-order valence-electron chi connectivity index (χ4n) is 1.72. The molecule has 0 saturated carbocycles. The number of carbonyl (C=O) groups is 1. The maximum atomic E-state index is 13.6. The van der Waals surface area contributed by atoms with Crippen molar-refractivity contribution in [3.63, 3.8) is 0 Å². The molecule has 1 amide bonds. The average molecular weight is 305 g/mol. The normalized spacial score (nSPS) is 10.1. The number of carbonyl (C=O) groups excluding carboxylic acids is 1. The molecule has 0 aliphatic heterocycles. The van der Waals surface area contributed by atoms with E-state index in [4.69, 9.17) is 9.47 Å². The minimum Gasteiger partial charge on any atom is -0.476 e. The molecule has 1 aromatic heterocycles. The number of benzene rings is 1. The van der Waals surface area contributed by atoms with Gasteiger partial charge >= 0.3 is 6.01 Å². The SMILES string of the molecule is CCOc1ncc(NC(=O)c2ccccc2F)c(OCC)n1. The van der Waals surface area contributed by atoms with Crippen molar-refractivity contribution in [1.29, 1.82) is 0 Å². The van der Waals surface area contributed by atoms with Gasteiger partial charge < -0.3 is 14.8 Å². The molecule has 116 valence electrons. The van der Waals surface area contributed by atoms with Crippen LogP contribution >= 0.6 is 0 Å². The number of nitrogens with one attached hydrogen (secondary N) is 1. The van der Waals surface area contributed by atoms with Gasteiger partial charge in [0.2, 0.25) is 5.88 Å². The Labute approximate surface area is 127 Å². The molecule has 7 heteroatoms. The van der Waals surface area contributed by atoms with Gasteiger partial charge in [-0.15, -0.1) is 0 Å². The number of rotatable bonds is 6. The molecule has 0 unspecified atom stereocenters. The van der Waals surface area contributed by atoms with Crippen LogP contribution in [0.4, 0.5) is 10.1 Å². The van der Waals surface area contributed by atoms with Gasteiger partial charge in [-0.25, -0.2) is 9.37 Å². The lowest BCUT2D eigenvalue weighted by Crippen LogP contribution is -2.15. The van der Waals surface area contributed by atoms with E-state index in [-0.39, 0.29) is 23.1 Å². The Morgan fingerprint density at radius 1 is 1.23 bits per heavy atom. The van der Waals surface area contributed by atoms with E-state index < -0.39 is 11.7 Å². The predicted octanol–water partition coefficient (Wildman–Crippen LogP) is 2.67. The Kier molecular flexibility index (Phi) is 5.24. The standard InChI is InChI=1S/C15H16FN3O3/c1-3-21-14-12(9-17-15(19-14)22-4-2)18-13(20)10-7-5-6-8-11(10)16/h5-9H,3-4H2,1-2H3,(H,18,20). The summed E-state index contributed by atoms with van der Waals surface area (Å²) in [4.78, 5) is 20.1. The van der Waals surface area contributed by atoms with Crippen molar-refractivity contribution >= 4 is 11.6 Å². The van der Waals surface area contributed by atoms with Crippen molar-refractivity contribution in [2.75, 3.05) is 18.5 Å². The number of nitrogens with zero attached hydrogens (tertiary/aromatic N) is 2. The Morgan fingerprint density at radius 2 is 1.95 bits per heavy atom. The number of anilines is 1. The third-order valence-electron chi connectivity index (χ3n) is 2.65. The lowest BCUT2D eigenvalue weighted by molar-refractivity contribution is 0.102. The van der Waals surface area contributed by atoms with Gasteiger partial charge in [-0.2, -0.15) is 4.98 Å². The zero-order chi connectivity index (χ0) is 15.9. The second kappa shape index (κ2) is 7.35. The van der Waals surface area contributed by atoms with E-state index >= 15 is 0 Å². The zero-order valence-corrected chi connectivity index (χ0v) is 12.3. The molecule has 0 fully saturated rings. The summed E-state index contributed by atoms with van der Waals surface area (Å²) in [6, 6.07) is 5.84. The van der Waals surface area contributed by atoms with Crippen LogP contribution in [-0.2, 0) is 0 Å². The Hall–Kier alpha value is -2.70. The van der Waals surface area contributed by atoms with Crippen LogP contribution in [0.5, 0.6) is 11.9 Å². The van der Waals surface area contributed by atoms with Crippen LogP contribution in [-0.4, -0.2) is 29.1 Å². The summed E-state index contributed by atoms with van der Waals surface area (Å²) in [7, 11) is 0. The van der Waals surface area contributed by atoms with E-state index in [0.717, 1.165) is 0 Å². The quantitative estimate of drug-likeness (QED) is 0.888. The Balaban J connectivity index is 2.24. The summed E-state index contributed by atoms with van der Waals surface area (Å²) in [5.74, 6) is -1.04. The van der Waals surface area contributed by atoms with E-state index in [2.05, 4.69) is 15.3 Å². The molecule has 22 heavy (non-hydrogen) atoms. The first-order valence-corrected chi connectivity index (χ1v) is 6.84. The van der Waals surface area contributed by atoms with Crippen LogP contribution in [0.25, 0.3) is 0 Å². The summed E-state index contributed by atoms with van der Waals surface area (Å²) in [5, 5.41) is 2.54. The van der Waals surface area contributed by atoms with Crippen LogP contribution in [0.3, 0.4) is 0 Å². The Bertz CT molecular complexity index is 664. The number of aromatic nitrogens is 2. The minimum absolute atomic E-state index is 0.0705. The lowest BCUT2D eigenvalue weighted by atomic mass is 10.2. The third kappa shape index (κ3) is 3.69. The smallest absolute Gasteiger partial charge is 0.319 e. The molecule has 0 spiro atoms. The monoisotopic (exact) mass is 305 g/mol. The Morgan fingerprint density at radius 3 is 2.64 bits per heavy atom. The number of ether oxygens (including phenoxy) is 2. The fraction of sp³-hybridized carbons (Fsp3) is 0.267. The highest BCUT2D eigenvalue weighted by Gasteiger charge is 2.15. The van der Waals surface area contributed by atoms with Gasteiger partial charge in [-0.3, -0.25) is 4.79 Å². The molecule has 0 aliphatic carbocycles. The predicted molar refractivity (Wildman–Crippen MR) is 78.7 cm³/mol. The lowest BCUT2D eigenvalue weighted by Gasteiger charge is -2.11. The molecule has 6 nitrogen and oxygen atoms in total. The molecule has 1 aromatic carbocycles. The van der Waals surface area contributed by atoms with E-state index in [1.165, 1.54) is 24.4 Å². The summed E-state index contributed by atoms with van der Waals surface area (Å²) in [6.45, 7) is 4.35. The first kappa shape index (κ1) is 15.7. The molecule has 0 aliphatic rings. The van der Waals surface area contributed by atoms with Gasteiger partial charge in [0.25, 0.3) is 5.91 Å². The van der Waals surface area contributed by atoms with Crippen LogP contribution in [0.1, 0.15) is 24.2 Å². The molecule has 2 rings (SSSR count). The van der Waals surface area contributed by atoms with Crippen molar-refractivity contribution in [2.24, 2.45) is 0 Å². The number of hydrogen-bond acceptors (Lipinski definition) is 5. The summed E-state index contributed by atoms with van der Waals surface area (Å²) < 4.78 is 24.1. The number of hydrogen-bond donors (Lipinski definition) is 1. The first-order chi connectivity index (χ1) is 10.7. The van der Waals surface area contributed by atoms with Crippen molar-refractivity contribution in [3.05, 3.63) is 41.8 Å². The number of halogens is 1. The first-order valence-electron chi connectivity index (χ1n) is 6.84. The molecule has 1 heterocycles. The number of amides is 1. The molecule has 1 N–H and O–H groups in total. The van der Waals surface area contributed by atoms with Crippen LogP contribution in [0.2, 0.25) is 0 Å². The van der Waals surface area contributed by atoms with E-state index in [0.29, 0.717) is 13.2 Å². The van der Waals surface area contributed by atoms with Gasteiger partial charge in [0.05, 0.1) is 25.0 Å². The highest BCUT2D eigenvalue weighted by molar-refractivity contribution is 6.04. The van der Waals surface area contributed by atoms with Gasteiger partial charge in [-0.05, 0) is 26.0 Å². The maximum absolute atomic E-state index is 13.6. The van der Waals surface area contributed by atoms with Crippen molar-refractivity contribution in [3.8, 4) is 11.9 Å². The fourth-order valence-corrected chi connectivity index (χ4v) is 1.72. The highest BCUT2D eigenvalue weighted by atomic mass is 19.1. The highest BCUT2D eigenvalue weighted by Crippen LogP contribution is 2.24. The molecular formula is C15H16FN3O3. The van der Waals surface area contributed by atoms with E-state index in [9.17, 15) is 9.18 Å². The molecular weight excluding hydrogens is 289 g/mol. The van der Waals surface area contributed by atoms with Crippen molar-refractivity contribution in [2.45, 2.75) is 13.8 Å². The summed E-state index contributed by atoms with van der Waals surface area (Å²) in [6.07, 6.45) is 1.36. The van der Waals surface area contributed by atoms with Crippen LogP contribution < -0.4 is 14.8 Å². The van der Waals surface area contributed by atoms with Crippen molar-refractivity contribution in [1.82, 2.24) is 9.97 Å². The van der Waals surface area contributed by atoms with E-state index in [1.54, 1.807) is 19.9 Å². The largest absolute Gasteiger partial charge is 0.476 e. The van der Waals surface area contributed by atoms with Gasteiger partial charge in [-0.1, -0.05) is 12.1 Å². The molecule has 0 bridgehead atoms. The maximum Gasteiger partial charge on any atom is 0.319 e. The average Bonchev–Trinajstić information content (AvgIpc) is 2.51. The minimum atomic E-state index is -0.607. The van der Waals surface area contributed by atoms with Crippen LogP contribution in [0, 0.1) is 5.82 Å². The van der Waals surface area contributed by atoms with Crippen molar-refractivity contribution < 1.29 is 18.7 Å². The van der Waals surface area contributed by atoms with Gasteiger partial charge in [0.1, 0.15) is 11.5 Å². The molecule has 0 radical (unpaired) electrons. The second-order valence-corrected chi connectivity index (χ2v) is 4.17. The van der Waals surface area contributed by atoms with Crippen LogP contribution in [0.15, 0.2) is 30.5 Å².